The Morgan fingerprint density at radius 1 is 1.05 bits per heavy atom. The van der Waals surface area contributed by atoms with Gasteiger partial charge >= 0.3 is 0 Å². The van der Waals surface area contributed by atoms with Crippen LogP contribution in [0.5, 0.6) is 0 Å². The largest absolute Gasteiger partial charge is 0.324 e. The average Bonchev–Trinajstić information content (AvgIpc) is 2.56. The third-order valence-electron chi connectivity index (χ3n) is 3.50. The summed E-state index contributed by atoms with van der Waals surface area (Å²) in [5, 5.41) is 15.1. The van der Waals surface area contributed by atoms with Crippen molar-refractivity contribution >= 4 is 11.6 Å². The highest BCUT2D eigenvalue weighted by atomic mass is 16.2. The number of para-hydroxylation sites is 1. The number of nitrogens with one attached hydrogen (secondary N) is 2. The molecule has 0 aliphatic heterocycles. The smallest absolute Gasteiger partial charge is 0.241 e. The van der Waals surface area contributed by atoms with Crippen LogP contribution in [0.15, 0.2) is 54.6 Å². The number of rotatable bonds is 5. The number of nitrogens with zero attached hydrogens (tertiary/aromatic N) is 1. The normalized spacial score (nSPS) is 13.0. The summed E-state index contributed by atoms with van der Waals surface area (Å²) in [7, 11) is 0. The molecule has 2 aromatic rings. The van der Waals surface area contributed by atoms with Gasteiger partial charge in [0.2, 0.25) is 5.91 Å². The number of hydrogen-bond acceptors (Lipinski definition) is 3. The third-order valence-corrected chi connectivity index (χ3v) is 3.50. The van der Waals surface area contributed by atoms with Gasteiger partial charge in [-0.2, -0.15) is 5.26 Å². The Bertz CT molecular complexity index is 676. The zero-order chi connectivity index (χ0) is 15.9. The molecule has 22 heavy (non-hydrogen) atoms. The quantitative estimate of drug-likeness (QED) is 0.889. The maximum atomic E-state index is 12.3. The van der Waals surface area contributed by atoms with Crippen LogP contribution in [0, 0.1) is 11.3 Å². The van der Waals surface area contributed by atoms with Crippen molar-refractivity contribution < 1.29 is 4.79 Å². The maximum Gasteiger partial charge on any atom is 0.241 e. The highest BCUT2D eigenvalue weighted by Crippen LogP contribution is 2.15. The molecule has 2 N–H and O–H groups in total. The van der Waals surface area contributed by atoms with Crippen LogP contribution < -0.4 is 10.6 Å². The summed E-state index contributed by atoms with van der Waals surface area (Å²) in [6.45, 7) is 3.83. The van der Waals surface area contributed by atoms with Crippen molar-refractivity contribution in [2.75, 3.05) is 5.32 Å². The molecule has 0 radical (unpaired) electrons. The monoisotopic (exact) mass is 293 g/mol. The number of anilines is 1. The Labute approximate surface area is 130 Å². The summed E-state index contributed by atoms with van der Waals surface area (Å²) >= 11 is 0. The minimum absolute atomic E-state index is 0.0631. The van der Waals surface area contributed by atoms with Gasteiger partial charge in [0.1, 0.15) is 6.07 Å². The van der Waals surface area contributed by atoms with Crippen LogP contribution in [0.2, 0.25) is 0 Å². The van der Waals surface area contributed by atoms with E-state index in [1.54, 1.807) is 24.3 Å². The fraction of sp³-hybridized carbons (Fsp3) is 0.222. The van der Waals surface area contributed by atoms with E-state index in [4.69, 9.17) is 5.26 Å². The van der Waals surface area contributed by atoms with Crippen LogP contribution in [0.25, 0.3) is 0 Å². The van der Waals surface area contributed by atoms with Crippen LogP contribution in [0.4, 0.5) is 5.69 Å². The zero-order valence-electron chi connectivity index (χ0n) is 12.7. The predicted molar refractivity (Wildman–Crippen MR) is 87.2 cm³/mol. The molecule has 2 aromatic carbocycles. The van der Waals surface area contributed by atoms with Crippen molar-refractivity contribution in [3.05, 3.63) is 65.7 Å². The fourth-order valence-electron chi connectivity index (χ4n) is 2.22. The minimum atomic E-state index is -0.373. The van der Waals surface area contributed by atoms with E-state index in [-0.39, 0.29) is 18.0 Å². The number of carbonyl (C=O) groups excluding carboxylic acids is 1. The molecule has 0 unspecified atom stereocenters. The van der Waals surface area contributed by atoms with E-state index in [2.05, 4.69) is 16.7 Å². The Kier molecular flexibility index (Phi) is 5.29. The third kappa shape index (κ3) is 3.94. The van der Waals surface area contributed by atoms with Gasteiger partial charge in [-0.05, 0) is 31.5 Å². The molecular weight excluding hydrogens is 274 g/mol. The van der Waals surface area contributed by atoms with E-state index < -0.39 is 0 Å². The van der Waals surface area contributed by atoms with Crippen LogP contribution >= 0.6 is 0 Å². The van der Waals surface area contributed by atoms with Crippen LogP contribution in [0.3, 0.4) is 0 Å². The number of amides is 1. The highest BCUT2D eigenvalue weighted by molar-refractivity contribution is 5.95. The predicted octanol–water partition coefficient (Wildman–Crippen LogP) is 3.24. The molecule has 2 rings (SSSR count). The number of hydrogen-bond donors (Lipinski definition) is 2. The molecule has 1 amide bonds. The zero-order valence-corrected chi connectivity index (χ0v) is 12.7. The number of nitriles is 1. The number of benzene rings is 2. The van der Waals surface area contributed by atoms with Crippen LogP contribution in [-0.4, -0.2) is 11.9 Å². The SMILES string of the molecule is C[C@H](N[C@H](C)C(=O)Nc1ccccc1C#N)c1ccccc1. The Balaban J connectivity index is 1.99. The van der Waals surface area contributed by atoms with Gasteiger partial charge in [-0.15, -0.1) is 0 Å². The Morgan fingerprint density at radius 2 is 1.68 bits per heavy atom. The molecule has 0 aliphatic carbocycles. The summed E-state index contributed by atoms with van der Waals surface area (Å²) in [6, 6.07) is 18.7. The van der Waals surface area contributed by atoms with Crippen molar-refractivity contribution in [3.8, 4) is 6.07 Å². The van der Waals surface area contributed by atoms with Crippen molar-refractivity contribution in [2.24, 2.45) is 0 Å². The van der Waals surface area contributed by atoms with Gasteiger partial charge in [-0.1, -0.05) is 42.5 Å². The molecule has 0 bridgehead atoms. The Morgan fingerprint density at radius 3 is 2.36 bits per heavy atom. The second kappa shape index (κ2) is 7.39. The molecule has 4 heteroatoms. The maximum absolute atomic E-state index is 12.3. The molecule has 0 heterocycles. The Hall–Kier alpha value is -2.64. The standard InChI is InChI=1S/C18H19N3O/c1-13(15-8-4-3-5-9-15)20-14(2)18(22)21-17-11-7-6-10-16(17)12-19/h3-11,13-14,20H,1-2H3,(H,21,22)/t13-,14+/m0/s1. The molecule has 112 valence electrons. The van der Waals surface area contributed by atoms with E-state index in [1.165, 1.54) is 0 Å². The van der Waals surface area contributed by atoms with Gasteiger partial charge in [-0.25, -0.2) is 0 Å². The van der Waals surface area contributed by atoms with E-state index in [0.717, 1.165) is 5.56 Å². The lowest BCUT2D eigenvalue weighted by molar-refractivity contribution is -0.117. The van der Waals surface area contributed by atoms with Crippen molar-refractivity contribution in [3.63, 3.8) is 0 Å². The molecular formula is C18H19N3O. The summed E-state index contributed by atoms with van der Waals surface area (Å²) in [5.74, 6) is -0.162. The second-order valence-corrected chi connectivity index (χ2v) is 5.17. The molecule has 0 saturated carbocycles. The summed E-state index contributed by atoms with van der Waals surface area (Å²) < 4.78 is 0. The fourth-order valence-corrected chi connectivity index (χ4v) is 2.22. The highest BCUT2D eigenvalue weighted by Gasteiger charge is 2.17. The van der Waals surface area contributed by atoms with Gasteiger partial charge in [0.15, 0.2) is 0 Å². The van der Waals surface area contributed by atoms with Crippen LogP contribution in [0.1, 0.15) is 31.0 Å². The molecule has 0 fully saturated rings. The lowest BCUT2D eigenvalue weighted by Crippen LogP contribution is -2.39. The molecule has 0 saturated heterocycles. The first-order valence-electron chi connectivity index (χ1n) is 7.23. The first-order chi connectivity index (χ1) is 10.6. The topological polar surface area (TPSA) is 64.9 Å². The molecule has 0 aromatic heterocycles. The van der Waals surface area contributed by atoms with E-state index in [0.29, 0.717) is 11.3 Å². The number of carbonyl (C=O) groups is 1. The second-order valence-electron chi connectivity index (χ2n) is 5.17. The summed E-state index contributed by atoms with van der Waals surface area (Å²) in [5.41, 5.74) is 2.12. The van der Waals surface area contributed by atoms with Crippen molar-refractivity contribution in [1.82, 2.24) is 5.32 Å². The van der Waals surface area contributed by atoms with Crippen molar-refractivity contribution in [2.45, 2.75) is 25.9 Å². The van der Waals surface area contributed by atoms with Crippen molar-refractivity contribution in [1.29, 1.82) is 5.26 Å². The summed E-state index contributed by atoms with van der Waals surface area (Å²) in [4.78, 5) is 12.3. The lowest BCUT2D eigenvalue weighted by atomic mass is 10.1. The average molecular weight is 293 g/mol. The molecule has 4 nitrogen and oxygen atoms in total. The summed E-state index contributed by atoms with van der Waals surface area (Å²) in [6.07, 6.45) is 0. The van der Waals surface area contributed by atoms with E-state index >= 15 is 0 Å². The molecule has 2 atom stereocenters. The van der Waals surface area contributed by atoms with Crippen LogP contribution in [-0.2, 0) is 4.79 Å². The first kappa shape index (κ1) is 15.7. The van der Waals surface area contributed by atoms with Gasteiger partial charge < -0.3 is 5.32 Å². The first-order valence-corrected chi connectivity index (χ1v) is 7.23. The molecule has 0 spiro atoms. The van der Waals surface area contributed by atoms with Gasteiger partial charge in [0.05, 0.1) is 17.3 Å². The van der Waals surface area contributed by atoms with Gasteiger partial charge in [-0.3, -0.25) is 10.1 Å². The van der Waals surface area contributed by atoms with E-state index in [1.807, 2.05) is 44.2 Å². The lowest BCUT2D eigenvalue weighted by Gasteiger charge is -2.20. The van der Waals surface area contributed by atoms with E-state index in [9.17, 15) is 4.79 Å². The van der Waals surface area contributed by atoms with Gasteiger partial charge in [0.25, 0.3) is 0 Å². The molecule has 0 aliphatic rings. The minimum Gasteiger partial charge on any atom is -0.324 e. The van der Waals surface area contributed by atoms with Gasteiger partial charge in [0, 0.05) is 6.04 Å².